The maximum absolute atomic E-state index is 10.2. The van der Waals surface area contributed by atoms with Gasteiger partial charge in [0.2, 0.25) is 0 Å². The molecule has 0 atom stereocenters. The third-order valence-electron chi connectivity index (χ3n) is 1.35. The molecular weight excluding hydrogens is 180 g/mol. The van der Waals surface area contributed by atoms with Gasteiger partial charge in [-0.05, 0) is 6.07 Å². The lowest BCUT2D eigenvalue weighted by Crippen LogP contribution is -1.91. The topological polar surface area (TPSA) is 55.2 Å². The number of nitro benzene ring substituents is 1. The maximum atomic E-state index is 10.2. The van der Waals surface area contributed by atoms with Gasteiger partial charge in [0.25, 0.3) is 5.69 Å². The third-order valence-corrected chi connectivity index (χ3v) is 1.35. The Hall–Kier alpha value is -1.29. The van der Waals surface area contributed by atoms with Crippen molar-refractivity contribution in [1.29, 1.82) is 0 Å². The SMILES string of the molecule is CNc1cccc([N+](=O)[O-])c1.Cl. The summed E-state index contributed by atoms with van der Waals surface area (Å²) < 4.78 is 0. The third kappa shape index (κ3) is 2.39. The fourth-order valence-electron chi connectivity index (χ4n) is 0.775. The van der Waals surface area contributed by atoms with Crippen LogP contribution in [-0.4, -0.2) is 12.0 Å². The van der Waals surface area contributed by atoms with Crippen LogP contribution in [0.5, 0.6) is 0 Å². The van der Waals surface area contributed by atoms with E-state index in [-0.39, 0.29) is 18.1 Å². The number of nitrogens with one attached hydrogen (secondary N) is 1. The van der Waals surface area contributed by atoms with Crippen LogP contribution in [0.4, 0.5) is 11.4 Å². The van der Waals surface area contributed by atoms with E-state index in [0.717, 1.165) is 5.69 Å². The van der Waals surface area contributed by atoms with Crippen LogP contribution >= 0.6 is 12.4 Å². The molecule has 66 valence electrons. The van der Waals surface area contributed by atoms with E-state index in [1.54, 1.807) is 19.2 Å². The molecular formula is C7H9ClN2O2. The largest absolute Gasteiger partial charge is 0.388 e. The summed E-state index contributed by atoms with van der Waals surface area (Å²) >= 11 is 0. The van der Waals surface area contributed by atoms with E-state index in [0.29, 0.717) is 0 Å². The molecule has 0 aromatic heterocycles. The molecule has 0 aliphatic carbocycles. The number of benzene rings is 1. The van der Waals surface area contributed by atoms with Crippen molar-refractivity contribution in [3.63, 3.8) is 0 Å². The van der Waals surface area contributed by atoms with E-state index in [2.05, 4.69) is 5.32 Å². The predicted octanol–water partition coefficient (Wildman–Crippen LogP) is 2.06. The first-order chi connectivity index (χ1) is 5.24. The summed E-state index contributed by atoms with van der Waals surface area (Å²) in [5.74, 6) is 0. The molecule has 1 aromatic rings. The number of non-ortho nitro benzene ring substituents is 1. The van der Waals surface area contributed by atoms with E-state index in [1.807, 2.05) is 0 Å². The minimum Gasteiger partial charge on any atom is -0.388 e. The fourth-order valence-corrected chi connectivity index (χ4v) is 0.775. The standard InChI is InChI=1S/C7H8N2O2.ClH/c1-8-6-3-2-4-7(5-6)9(10)11;/h2-5,8H,1H3;1H. The van der Waals surface area contributed by atoms with Gasteiger partial charge < -0.3 is 5.32 Å². The minimum atomic E-state index is -0.416. The number of anilines is 1. The van der Waals surface area contributed by atoms with Gasteiger partial charge in [-0.25, -0.2) is 0 Å². The van der Waals surface area contributed by atoms with E-state index in [1.165, 1.54) is 12.1 Å². The molecule has 0 saturated heterocycles. The first kappa shape index (κ1) is 10.7. The molecule has 0 aliphatic heterocycles. The van der Waals surface area contributed by atoms with Crippen molar-refractivity contribution in [2.24, 2.45) is 0 Å². The van der Waals surface area contributed by atoms with Gasteiger partial charge in [-0.1, -0.05) is 6.07 Å². The van der Waals surface area contributed by atoms with Crippen LogP contribution in [0, 0.1) is 10.1 Å². The maximum Gasteiger partial charge on any atom is 0.271 e. The molecule has 0 heterocycles. The Morgan fingerprint density at radius 2 is 2.17 bits per heavy atom. The van der Waals surface area contributed by atoms with Crippen LogP contribution in [0.3, 0.4) is 0 Å². The summed E-state index contributed by atoms with van der Waals surface area (Å²) in [6.07, 6.45) is 0. The number of hydrogen-bond acceptors (Lipinski definition) is 3. The summed E-state index contributed by atoms with van der Waals surface area (Å²) in [5, 5.41) is 13.1. The Labute approximate surface area is 76.2 Å². The van der Waals surface area contributed by atoms with Gasteiger partial charge in [0, 0.05) is 24.9 Å². The second-order valence-corrected chi connectivity index (χ2v) is 2.06. The summed E-state index contributed by atoms with van der Waals surface area (Å²) in [6, 6.07) is 6.36. The molecule has 12 heavy (non-hydrogen) atoms. The Bertz CT molecular complexity index is 278. The van der Waals surface area contributed by atoms with Gasteiger partial charge in [-0.2, -0.15) is 0 Å². The van der Waals surface area contributed by atoms with Gasteiger partial charge in [0.1, 0.15) is 0 Å². The molecule has 1 rings (SSSR count). The highest BCUT2D eigenvalue weighted by Crippen LogP contribution is 2.15. The quantitative estimate of drug-likeness (QED) is 0.571. The molecule has 0 spiro atoms. The molecule has 0 radical (unpaired) electrons. The molecule has 0 bridgehead atoms. The van der Waals surface area contributed by atoms with Crippen molar-refractivity contribution < 1.29 is 4.92 Å². The minimum absolute atomic E-state index is 0. The molecule has 0 saturated carbocycles. The summed E-state index contributed by atoms with van der Waals surface area (Å²) in [6.45, 7) is 0. The van der Waals surface area contributed by atoms with Crippen molar-refractivity contribution in [1.82, 2.24) is 0 Å². The second-order valence-electron chi connectivity index (χ2n) is 2.06. The second kappa shape index (κ2) is 4.56. The molecule has 4 nitrogen and oxygen atoms in total. The summed E-state index contributed by atoms with van der Waals surface area (Å²) in [5.41, 5.74) is 0.857. The molecule has 0 aliphatic rings. The highest BCUT2D eigenvalue weighted by molar-refractivity contribution is 5.85. The zero-order valence-electron chi connectivity index (χ0n) is 6.48. The first-order valence-corrected chi connectivity index (χ1v) is 3.16. The van der Waals surface area contributed by atoms with Crippen LogP contribution in [0.15, 0.2) is 24.3 Å². The Balaban J connectivity index is 0.00000121. The van der Waals surface area contributed by atoms with Gasteiger partial charge in [0.05, 0.1) is 4.92 Å². The van der Waals surface area contributed by atoms with Crippen molar-refractivity contribution in [3.8, 4) is 0 Å². The lowest BCUT2D eigenvalue weighted by Gasteiger charge is -1.97. The van der Waals surface area contributed by atoms with Crippen molar-refractivity contribution in [2.75, 3.05) is 12.4 Å². The monoisotopic (exact) mass is 188 g/mol. The molecule has 1 aromatic carbocycles. The summed E-state index contributed by atoms with van der Waals surface area (Å²) in [4.78, 5) is 9.83. The number of nitrogens with zero attached hydrogens (tertiary/aromatic N) is 1. The number of hydrogen-bond donors (Lipinski definition) is 1. The lowest BCUT2D eigenvalue weighted by molar-refractivity contribution is -0.384. The number of halogens is 1. The van der Waals surface area contributed by atoms with E-state index in [9.17, 15) is 10.1 Å². The highest BCUT2D eigenvalue weighted by atomic mass is 35.5. The van der Waals surface area contributed by atoms with Gasteiger partial charge in [0.15, 0.2) is 0 Å². The van der Waals surface area contributed by atoms with Crippen molar-refractivity contribution in [2.45, 2.75) is 0 Å². The van der Waals surface area contributed by atoms with Crippen LogP contribution < -0.4 is 5.32 Å². The average molecular weight is 189 g/mol. The van der Waals surface area contributed by atoms with E-state index >= 15 is 0 Å². The smallest absolute Gasteiger partial charge is 0.271 e. The molecule has 5 heteroatoms. The predicted molar refractivity (Wildman–Crippen MR) is 49.9 cm³/mol. The summed E-state index contributed by atoms with van der Waals surface area (Å²) in [7, 11) is 1.72. The molecule has 0 amide bonds. The Kier molecular flexibility index (Phi) is 4.07. The van der Waals surface area contributed by atoms with E-state index in [4.69, 9.17) is 0 Å². The van der Waals surface area contributed by atoms with E-state index < -0.39 is 4.92 Å². The van der Waals surface area contributed by atoms with Gasteiger partial charge >= 0.3 is 0 Å². The lowest BCUT2D eigenvalue weighted by atomic mass is 10.3. The van der Waals surface area contributed by atoms with Crippen LogP contribution in [0.25, 0.3) is 0 Å². The number of nitro groups is 1. The van der Waals surface area contributed by atoms with Gasteiger partial charge in [-0.15, -0.1) is 12.4 Å². The van der Waals surface area contributed by atoms with Gasteiger partial charge in [-0.3, -0.25) is 10.1 Å². The van der Waals surface area contributed by atoms with Crippen LogP contribution in [0.2, 0.25) is 0 Å². The average Bonchev–Trinajstić information content (AvgIpc) is 2.05. The molecule has 0 unspecified atom stereocenters. The zero-order valence-corrected chi connectivity index (χ0v) is 7.30. The highest BCUT2D eigenvalue weighted by Gasteiger charge is 2.03. The van der Waals surface area contributed by atoms with Crippen molar-refractivity contribution in [3.05, 3.63) is 34.4 Å². The Morgan fingerprint density at radius 3 is 2.67 bits per heavy atom. The molecule has 0 fully saturated rings. The Morgan fingerprint density at radius 1 is 1.50 bits per heavy atom. The van der Waals surface area contributed by atoms with Crippen molar-refractivity contribution >= 4 is 23.8 Å². The normalized spacial score (nSPS) is 8.42. The number of rotatable bonds is 2. The van der Waals surface area contributed by atoms with Crippen LogP contribution in [-0.2, 0) is 0 Å². The van der Waals surface area contributed by atoms with Crippen LogP contribution in [0.1, 0.15) is 0 Å². The molecule has 1 N–H and O–H groups in total. The fraction of sp³-hybridized carbons (Fsp3) is 0.143. The first-order valence-electron chi connectivity index (χ1n) is 3.16. The zero-order chi connectivity index (χ0) is 8.27.